The molecule has 1 aliphatic rings. The van der Waals surface area contributed by atoms with Gasteiger partial charge in [-0.25, -0.2) is 0 Å². The first kappa shape index (κ1) is 10.3. The Morgan fingerprint density at radius 2 is 2.15 bits per heavy atom. The fourth-order valence-corrected chi connectivity index (χ4v) is 1.43. The number of carboxylic acids is 1. The van der Waals surface area contributed by atoms with Crippen molar-refractivity contribution in [1.29, 1.82) is 0 Å². The summed E-state index contributed by atoms with van der Waals surface area (Å²) in [5, 5.41) is 8.52. The van der Waals surface area contributed by atoms with Crippen LogP contribution in [0.25, 0.3) is 0 Å². The maximum atomic E-state index is 11.8. The van der Waals surface area contributed by atoms with E-state index in [-0.39, 0.29) is 13.1 Å². The lowest BCUT2D eigenvalue weighted by molar-refractivity contribution is -0.147. The summed E-state index contributed by atoms with van der Waals surface area (Å²) in [5.74, 6) is -1.65. The van der Waals surface area contributed by atoms with Crippen LogP contribution in [0.1, 0.15) is 6.42 Å². The molecule has 0 saturated carbocycles. The first-order chi connectivity index (χ1) is 5.88. The Bertz CT molecular complexity index is 204. The third-order valence-electron chi connectivity index (χ3n) is 2.02. The van der Waals surface area contributed by atoms with Crippen LogP contribution in [-0.2, 0) is 4.79 Å². The minimum absolute atomic E-state index is 0.00877. The predicted molar refractivity (Wildman–Crippen MR) is 38.2 cm³/mol. The van der Waals surface area contributed by atoms with Gasteiger partial charge in [0.25, 0.3) is 0 Å². The first-order valence-electron chi connectivity index (χ1n) is 3.90. The van der Waals surface area contributed by atoms with Gasteiger partial charge in [0.2, 0.25) is 0 Å². The van der Waals surface area contributed by atoms with Gasteiger partial charge in [-0.2, -0.15) is 13.2 Å². The van der Waals surface area contributed by atoms with Crippen LogP contribution >= 0.6 is 0 Å². The topological polar surface area (TPSA) is 40.5 Å². The van der Waals surface area contributed by atoms with Gasteiger partial charge in [0, 0.05) is 6.54 Å². The van der Waals surface area contributed by atoms with E-state index in [1.807, 2.05) is 0 Å². The van der Waals surface area contributed by atoms with Gasteiger partial charge in [-0.15, -0.1) is 0 Å². The van der Waals surface area contributed by atoms with Crippen molar-refractivity contribution in [1.82, 2.24) is 4.90 Å². The second-order valence-corrected chi connectivity index (χ2v) is 3.17. The molecule has 13 heavy (non-hydrogen) atoms. The van der Waals surface area contributed by atoms with Crippen LogP contribution in [0.2, 0.25) is 0 Å². The molecule has 0 aromatic heterocycles. The van der Waals surface area contributed by atoms with E-state index in [0.29, 0.717) is 6.42 Å². The van der Waals surface area contributed by atoms with E-state index in [9.17, 15) is 18.0 Å². The number of aliphatic carboxylic acids is 1. The molecule has 6 heteroatoms. The molecule has 0 bridgehead atoms. The molecule has 3 nitrogen and oxygen atoms in total. The van der Waals surface area contributed by atoms with E-state index in [1.54, 1.807) is 0 Å². The van der Waals surface area contributed by atoms with Crippen LogP contribution in [0.4, 0.5) is 13.2 Å². The number of halogens is 3. The number of hydrogen-bond acceptors (Lipinski definition) is 2. The second-order valence-electron chi connectivity index (χ2n) is 3.17. The quantitative estimate of drug-likeness (QED) is 0.716. The van der Waals surface area contributed by atoms with Gasteiger partial charge in [-0.1, -0.05) is 0 Å². The summed E-state index contributed by atoms with van der Waals surface area (Å²) in [6.45, 7) is -0.776. The number of rotatable bonds is 2. The largest absolute Gasteiger partial charge is 0.481 e. The molecule has 1 aliphatic heterocycles. The average molecular weight is 197 g/mol. The van der Waals surface area contributed by atoms with E-state index in [4.69, 9.17) is 5.11 Å². The number of nitrogens with zero attached hydrogens (tertiary/aromatic N) is 1. The van der Waals surface area contributed by atoms with Gasteiger partial charge in [0.05, 0.1) is 12.5 Å². The van der Waals surface area contributed by atoms with Gasteiger partial charge >= 0.3 is 12.1 Å². The van der Waals surface area contributed by atoms with Crippen molar-refractivity contribution >= 4 is 5.97 Å². The molecule has 0 aliphatic carbocycles. The molecule has 0 spiro atoms. The highest BCUT2D eigenvalue weighted by molar-refractivity contribution is 5.70. The van der Waals surface area contributed by atoms with E-state index in [0.717, 1.165) is 4.90 Å². The number of hydrogen-bond donors (Lipinski definition) is 1. The summed E-state index contributed by atoms with van der Waals surface area (Å²) in [4.78, 5) is 11.5. The smallest absolute Gasteiger partial charge is 0.401 e. The molecule has 0 aromatic carbocycles. The molecule has 0 aromatic rings. The Morgan fingerprint density at radius 1 is 1.54 bits per heavy atom. The Morgan fingerprint density at radius 3 is 2.54 bits per heavy atom. The molecule has 0 radical (unpaired) electrons. The lowest BCUT2D eigenvalue weighted by Crippen LogP contribution is -2.33. The van der Waals surface area contributed by atoms with Crippen LogP contribution in [0.15, 0.2) is 0 Å². The third-order valence-corrected chi connectivity index (χ3v) is 2.02. The van der Waals surface area contributed by atoms with Gasteiger partial charge in [-0.3, -0.25) is 9.69 Å². The van der Waals surface area contributed by atoms with E-state index in [1.165, 1.54) is 0 Å². The van der Waals surface area contributed by atoms with Gasteiger partial charge in [0.15, 0.2) is 0 Å². The molecule has 1 fully saturated rings. The zero-order chi connectivity index (χ0) is 10.1. The highest BCUT2D eigenvalue weighted by Crippen LogP contribution is 2.22. The van der Waals surface area contributed by atoms with Gasteiger partial charge in [0.1, 0.15) is 0 Å². The van der Waals surface area contributed by atoms with Crippen molar-refractivity contribution in [2.75, 3.05) is 19.6 Å². The Balaban J connectivity index is 2.38. The highest BCUT2D eigenvalue weighted by atomic mass is 19.4. The van der Waals surface area contributed by atoms with Crippen molar-refractivity contribution in [3.8, 4) is 0 Å². The molecular weight excluding hydrogens is 187 g/mol. The first-order valence-corrected chi connectivity index (χ1v) is 3.90. The molecule has 0 unspecified atom stereocenters. The van der Waals surface area contributed by atoms with Crippen molar-refractivity contribution in [2.45, 2.75) is 12.6 Å². The molecular formula is C7H10F3NO2. The predicted octanol–water partition coefficient (Wildman–Crippen LogP) is 0.955. The van der Waals surface area contributed by atoms with Crippen LogP contribution in [0.3, 0.4) is 0 Å². The van der Waals surface area contributed by atoms with Crippen LogP contribution in [0.5, 0.6) is 0 Å². The second kappa shape index (κ2) is 3.53. The van der Waals surface area contributed by atoms with E-state index < -0.39 is 24.6 Å². The zero-order valence-corrected chi connectivity index (χ0v) is 6.84. The molecule has 1 heterocycles. The normalized spacial score (nSPS) is 25.0. The van der Waals surface area contributed by atoms with Crippen molar-refractivity contribution in [3.63, 3.8) is 0 Å². The third kappa shape index (κ3) is 3.22. The molecule has 1 rings (SSSR count). The lowest BCUT2D eigenvalue weighted by atomic mass is 10.1. The van der Waals surface area contributed by atoms with Crippen LogP contribution in [-0.4, -0.2) is 41.8 Å². The summed E-state index contributed by atoms with van der Waals surface area (Å²) in [6.07, 6.45) is -3.92. The van der Waals surface area contributed by atoms with Gasteiger partial charge < -0.3 is 5.11 Å². The lowest BCUT2D eigenvalue weighted by Gasteiger charge is -2.16. The number of likely N-dealkylation sites (tertiary alicyclic amines) is 1. The molecule has 0 amide bonds. The number of carbonyl (C=O) groups is 1. The van der Waals surface area contributed by atoms with Crippen molar-refractivity contribution < 1.29 is 23.1 Å². The fourth-order valence-electron chi connectivity index (χ4n) is 1.43. The SMILES string of the molecule is O=C(O)[C@@H]1CCN(CC(F)(F)F)C1. The van der Waals surface area contributed by atoms with Crippen molar-refractivity contribution in [2.24, 2.45) is 5.92 Å². The maximum absolute atomic E-state index is 11.8. The minimum Gasteiger partial charge on any atom is -0.481 e. The van der Waals surface area contributed by atoms with Gasteiger partial charge in [-0.05, 0) is 13.0 Å². The highest BCUT2D eigenvalue weighted by Gasteiger charge is 2.36. The molecule has 76 valence electrons. The number of alkyl halides is 3. The monoisotopic (exact) mass is 197 g/mol. The summed E-state index contributed by atoms with van der Waals surface area (Å²) in [7, 11) is 0. The molecule has 1 saturated heterocycles. The Labute approximate surface area is 73.1 Å². The summed E-state index contributed by atoms with van der Waals surface area (Å²) >= 11 is 0. The van der Waals surface area contributed by atoms with E-state index >= 15 is 0 Å². The Hall–Kier alpha value is -0.780. The fraction of sp³-hybridized carbons (Fsp3) is 0.857. The molecule has 1 atom stereocenters. The van der Waals surface area contributed by atoms with E-state index in [2.05, 4.69) is 0 Å². The standard InChI is InChI=1S/C7H10F3NO2/c8-7(9,10)4-11-2-1-5(3-11)6(12)13/h5H,1-4H2,(H,12,13)/t5-/m1/s1. The number of carboxylic acid groups (broad SMARTS) is 1. The molecule has 1 N–H and O–H groups in total. The Kier molecular flexibility index (Phi) is 2.80. The van der Waals surface area contributed by atoms with Crippen molar-refractivity contribution in [3.05, 3.63) is 0 Å². The van der Waals surface area contributed by atoms with Crippen LogP contribution in [0, 0.1) is 5.92 Å². The average Bonchev–Trinajstić information content (AvgIpc) is 2.31. The summed E-state index contributed by atoms with van der Waals surface area (Å²) < 4.78 is 35.5. The summed E-state index contributed by atoms with van der Waals surface area (Å²) in [6, 6.07) is 0. The van der Waals surface area contributed by atoms with Crippen LogP contribution < -0.4 is 0 Å². The zero-order valence-electron chi connectivity index (χ0n) is 6.84. The minimum atomic E-state index is -4.23. The summed E-state index contributed by atoms with van der Waals surface area (Å²) in [5.41, 5.74) is 0. The maximum Gasteiger partial charge on any atom is 0.401 e.